The van der Waals surface area contributed by atoms with Gasteiger partial charge in [0.1, 0.15) is 10.3 Å². The fraction of sp³-hybridized carbons (Fsp3) is 0.500. The molecule has 0 aliphatic heterocycles. The van der Waals surface area contributed by atoms with Crippen molar-refractivity contribution in [3.63, 3.8) is 0 Å². The molecule has 1 aromatic heterocycles. The average Bonchev–Trinajstić information content (AvgIpc) is 2.13. The molecule has 0 aromatic carbocycles. The highest BCUT2D eigenvalue weighted by molar-refractivity contribution is 9.10. The van der Waals surface area contributed by atoms with Crippen molar-refractivity contribution < 1.29 is 9.84 Å². The SMILES string of the molecule is COCC(C)c1nc(O)c(Br)c(=O)[nH]1. The van der Waals surface area contributed by atoms with Gasteiger partial charge in [-0.3, -0.25) is 4.79 Å². The van der Waals surface area contributed by atoms with Crippen LogP contribution in [-0.4, -0.2) is 28.8 Å². The second-order valence-electron chi connectivity index (χ2n) is 2.95. The summed E-state index contributed by atoms with van der Waals surface area (Å²) in [6.45, 7) is 2.28. The lowest BCUT2D eigenvalue weighted by molar-refractivity contribution is 0.181. The third-order valence-corrected chi connectivity index (χ3v) is 2.46. The Kier molecular flexibility index (Phi) is 3.65. The van der Waals surface area contributed by atoms with E-state index in [2.05, 4.69) is 25.9 Å². The van der Waals surface area contributed by atoms with Gasteiger partial charge in [-0.1, -0.05) is 6.92 Å². The third kappa shape index (κ3) is 2.33. The van der Waals surface area contributed by atoms with Crippen LogP contribution >= 0.6 is 15.9 Å². The van der Waals surface area contributed by atoms with Gasteiger partial charge in [0.05, 0.1) is 6.61 Å². The van der Waals surface area contributed by atoms with Crippen molar-refractivity contribution in [1.82, 2.24) is 9.97 Å². The first-order valence-corrected chi connectivity index (χ1v) is 4.83. The van der Waals surface area contributed by atoms with Crippen LogP contribution in [0.3, 0.4) is 0 Å². The molecule has 0 aliphatic rings. The number of aromatic hydroxyl groups is 1. The maximum Gasteiger partial charge on any atom is 0.269 e. The molecule has 1 heterocycles. The number of halogens is 1. The molecule has 2 N–H and O–H groups in total. The number of nitrogens with zero attached hydrogens (tertiary/aromatic N) is 1. The molecule has 0 saturated heterocycles. The lowest BCUT2D eigenvalue weighted by Crippen LogP contribution is -2.16. The Morgan fingerprint density at radius 1 is 1.71 bits per heavy atom. The quantitative estimate of drug-likeness (QED) is 0.852. The molecule has 14 heavy (non-hydrogen) atoms. The summed E-state index contributed by atoms with van der Waals surface area (Å²) in [6, 6.07) is 0. The van der Waals surface area contributed by atoms with E-state index >= 15 is 0 Å². The molecule has 6 heteroatoms. The first-order chi connectivity index (χ1) is 6.56. The first kappa shape index (κ1) is 11.2. The zero-order valence-electron chi connectivity index (χ0n) is 7.87. The van der Waals surface area contributed by atoms with Gasteiger partial charge in [0.15, 0.2) is 0 Å². The summed E-state index contributed by atoms with van der Waals surface area (Å²) in [4.78, 5) is 17.6. The zero-order valence-corrected chi connectivity index (χ0v) is 9.46. The van der Waals surface area contributed by atoms with E-state index in [0.717, 1.165) is 0 Å². The van der Waals surface area contributed by atoms with Crippen LogP contribution < -0.4 is 5.56 Å². The molecular formula is C8H11BrN2O3. The van der Waals surface area contributed by atoms with Gasteiger partial charge in [0.2, 0.25) is 5.88 Å². The number of rotatable bonds is 3. The number of ether oxygens (including phenoxy) is 1. The highest BCUT2D eigenvalue weighted by Crippen LogP contribution is 2.18. The Morgan fingerprint density at radius 3 is 2.86 bits per heavy atom. The predicted octanol–water partition coefficient (Wildman–Crippen LogP) is 0.988. The Hall–Kier alpha value is -0.880. The topological polar surface area (TPSA) is 75.2 Å². The minimum atomic E-state index is -0.393. The minimum absolute atomic E-state index is 0.0471. The van der Waals surface area contributed by atoms with Gasteiger partial charge in [-0.05, 0) is 15.9 Å². The van der Waals surface area contributed by atoms with E-state index in [0.29, 0.717) is 12.4 Å². The van der Waals surface area contributed by atoms with Gasteiger partial charge >= 0.3 is 0 Å². The Balaban J connectivity index is 3.06. The van der Waals surface area contributed by atoms with Gasteiger partial charge in [-0.25, -0.2) is 0 Å². The normalized spacial score (nSPS) is 12.8. The Labute approximate surface area is 89.3 Å². The number of H-pyrrole nitrogens is 1. The summed E-state index contributed by atoms with van der Waals surface area (Å²) in [6.07, 6.45) is 0. The molecule has 5 nitrogen and oxygen atoms in total. The number of aromatic amines is 1. The highest BCUT2D eigenvalue weighted by atomic mass is 79.9. The Bertz CT molecular complexity index is 377. The monoisotopic (exact) mass is 262 g/mol. The minimum Gasteiger partial charge on any atom is -0.492 e. The molecule has 1 atom stereocenters. The fourth-order valence-electron chi connectivity index (χ4n) is 1.03. The van der Waals surface area contributed by atoms with Crippen LogP contribution in [0.15, 0.2) is 9.27 Å². The fourth-order valence-corrected chi connectivity index (χ4v) is 1.21. The van der Waals surface area contributed by atoms with Crippen LogP contribution in [0.25, 0.3) is 0 Å². The molecule has 0 spiro atoms. The smallest absolute Gasteiger partial charge is 0.269 e. The maximum atomic E-state index is 11.2. The molecule has 0 radical (unpaired) electrons. The molecular weight excluding hydrogens is 252 g/mol. The summed E-state index contributed by atoms with van der Waals surface area (Å²) >= 11 is 2.91. The third-order valence-electron chi connectivity index (χ3n) is 1.75. The second kappa shape index (κ2) is 4.56. The molecule has 78 valence electrons. The molecule has 1 unspecified atom stereocenters. The predicted molar refractivity (Wildman–Crippen MR) is 54.5 cm³/mol. The lowest BCUT2D eigenvalue weighted by Gasteiger charge is -2.09. The van der Waals surface area contributed by atoms with E-state index in [4.69, 9.17) is 4.74 Å². The van der Waals surface area contributed by atoms with E-state index in [1.54, 1.807) is 7.11 Å². The molecule has 0 fully saturated rings. The van der Waals surface area contributed by atoms with Gasteiger partial charge < -0.3 is 14.8 Å². The lowest BCUT2D eigenvalue weighted by atomic mass is 10.2. The summed E-state index contributed by atoms with van der Waals surface area (Å²) in [5.74, 6) is 0.0518. The molecule has 0 amide bonds. The van der Waals surface area contributed by atoms with E-state index in [1.807, 2.05) is 6.92 Å². The molecule has 1 aromatic rings. The summed E-state index contributed by atoms with van der Waals surface area (Å²) in [5, 5.41) is 9.28. The van der Waals surface area contributed by atoms with E-state index < -0.39 is 5.56 Å². The standard InChI is InChI=1S/C8H11BrN2O3/c1-4(3-14-2)6-10-7(12)5(9)8(13)11-6/h4H,3H2,1-2H3,(H2,10,11,12,13). The van der Waals surface area contributed by atoms with Crippen LogP contribution in [-0.2, 0) is 4.74 Å². The maximum absolute atomic E-state index is 11.2. The zero-order chi connectivity index (χ0) is 10.7. The largest absolute Gasteiger partial charge is 0.492 e. The number of hydrogen-bond donors (Lipinski definition) is 2. The van der Waals surface area contributed by atoms with Crippen molar-refractivity contribution in [2.24, 2.45) is 0 Å². The van der Waals surface area contributed by atoms with Crippen molar-refractivity contribution in [3.8, 4) is 5.88 Å². The average molecular weight is 263 g/mol. The first-order valence-electron chi connectivity index (χ1n) is 4.04. The van der Waals surface area contributed by atoms with Crippen molar-refractivity contribution in [2.75, 3.05) is 13.7 Å². The number of methoxy groups -OCH3 is 1. The summed E-state index contributed by atoms with van der Waals surface area (Å²) in [7, 11) is 1.56. The van der Waals surface area contributed by atoms with Gasteiger partial charge in [-0.2, -0.15) is 4.98 Å². The van der Waals surface area contributed by atoms with Gasteiger partial charge in [0.25, 0.3) is 5.56 Å². The molecule has 1 rings (SSSR count). The summed E-state index contributed by atoms with van der Waals surface area (Å²) < 4.78 is 4.96. The van der Waals surface area contributed by atoms with Crippen LogP contribution in [0.5, 0.6) is 5.88 Å². The second-order valence-corrected chi connectivity index (χ2v) is 3.74. The van der Waals surface area contributed by atoms with Crippen LogP contribution in [0, 0.1) is 0 Å². The van der Waals surface area contributed by atoms with Crippen LogP contribution in [0.2, 0.25) is 0 Å². The molecule has 0 bridgehead atoms. The van der Waals surface area contributed by atoms with E-state index in [-0.39, 0.29) is 16.3 Å². The number of hydrogen-bond acceptors (Lipinski definition) is 4. The number of nitrogens with one attached hydrogen (secondary N) is 1. The van der Waals surface area contributed by atoms with Crippen molar-refractivity contribution in [2.45, 2.75) is 12.8 Å². The van der Waals surface area contributed by atoms with Crippen molar-refractivity contribution in [3.05, 3.63) is 20.7 Å². The van der Waals surface area contributed by atoms with Crippen molar-refractivity contribution >= 4 is 15.9 Å². The van der Waals surface area contributed by atoms with E-state index in [9.17, 15) is 9.90 Å². The van der Waals surface area contributed by atoms with Gasteiger partial charge in [-0.15, -0.1) is 0 Å². The van der Waals surface area contributed by atoms with E-state index in [1.165, 1.54) is 0 Å². The summed E-state index contributed by atoms with van der Waals surface area (Å²) in [5.41, 5.74) is -0.393. The Morgan fingerprint density at radius 2 is 2.36 bits per heavy atom. The highest BCUT2D eigenvalue weighted by Gasteiger charge is 2.12. The van der Waals surface area contributed by atoms with Crippen LogP contribution in [0.1, 0.15) is 18.7 Å². The molecule has 0 aliphatic carbocycles. The molecule has 0 saturated carbocycles. The van der Waals surface area contributed by atoms with Crippen LogP contribution in [0.4, 0.5) is 0 Å². The number of aromatic nitrogens is 2. The van der Waals surface area contributed by atoms with Gasteiger partial charge in [0, 0.05) is 13.0 Å². The van der Waals surface area contributed by atoms with Crippen molar-refractivity contribution in [1.29, 1.82) is 0 Å².